The first-order valence-corrected chi connectivity index (χ1v) is 35.6. The maximum absolute atomic E-state index is 15.1. The van der Waals surface area contributed by atoms with Crippen molar-refractivity contribution in [3.8, 4) is 5.75 Å². The van der Waals surface area contributed by atoms with Crippen LogP contribution in [0, 0.1) is 0 Å². The Morgan fingerprint density at radius 3 is 1.93 bits per heavy atom. The number of aliphatic carboxylic acids is 2. The number of carboxylic acids is 2. The van der Waals surface area contributed by atoms with Gasteiger partial charge in [0.1, 0.15) is 60.1 Å². The first-order chi connectivity index (χ1) is 48.3. The van der Waals surface area contributed by atoms with Gasteiger partial charge in [0.15, 0.2) is 0 Å². The van der Waals surface area contributed by atoms with Gasteiger partial charge in [-0.2, -0.15) is 0 Å². The van der Waals surface area contributed by atoms with Gasteiger partial charge in [0, 0.05) is 60.8 Å². The summed E-state index contributed by atoms with van der Waals surface area (Å²) >= 11 is 0. The second-order valence-corrected chi connectivity index (χ2v) is 26.9. The van der Waals surface area contributed by atoms with E-state index in [1.807, 2.05) is 0 Å². The van der Waals surface area contributed by atoms with Crippen molar-refractivity contribution in [3.05, 3.63) is 102 Å². The van der Waals surface area contributed by atoms with E-state index >= 15 is 4.79 Å². The molecule has 1 aromatic heterocycles. The quantitative estimate of drug-likeness (QED) is 0.0221. The summed E-state index contributed by atoms with van der Waals surface area (Å²) in [4.78, 5) is 199. The van der Waals surface area contributed by atoms with Gasteiger partial charge in [0.2, 0.25) is 70.9 Å². The van der Waals surface area contributed by atoms with Gasteiger partial charge in [0.25, 0.3) is 0 Å². The smallest absolute Gasteiger partial charge is 0.326 e. The molecule has 35 heteroatoms. The zero-order valence-corrected chi connectivity index (χ0v) is 57.4. The summed E-state index contributed by atoms with van der Waals surface area (Å²) in [6.07, 6.45) is 1.62. The number of rotatable bonds is 26. The molecule has 548 valence electrons. The summed E-state index contributed by atoms with van der Waals surface area (Å²) in [5.74, 6) is -14.5. The number of aromatic nitrogens is 1. The molecule has 2 saturated heterocycles. The molecule has 33 nitrogen and oxygen atoms in total. The molecular weight excluding hydrogens is 1350 g/mol. The zero-order chi connectivity index (χ0) is 73.5. The summed E-state index contributed by atoms with van der Waals surface area (Å²) in [7, 11) is 1.77. The van der Waals surface area contributed by atoms with E-state index in [9.17, 15) is 77.6 Å². The molecule has 21 N–H and O–H groups in total. The maximum atomic E-state index is 15.1. The average molecular weight is 1440 g/mol. The monoisotopic (exact) mass is 1440 g/mol. The van der Waals surface area contributed by atoms with Crippen molar-refractivity contribution in [3.63, 3.8) is 0 Å². The number of amides is 12. The van der Waals surface area contributed by atoms with Crippen molar-refractivity contribution in [2.45, 2.75) is 151 Å². The van der Waals surface area contributed by atoms with Gasteiger partial charge in [-0.25, -0.2) is 4.79 Å². The third kappa shape index (κ3) is 26.3. The van der Waals surface area contributed by atoms with Crippen LogP contribution in [0.15, 0.2) is 85.1 Å². The van der Waals surface area contributed by atoms with E-state index in [0.717, 1.165) is 21.6 Å². The molecule has 0 radical (unpaired) electrons. The maximum Gasteiger partial charge on any atom is 0.326 e. The Hall–Kier alpha value is -9.84. The predicted molar refractivity (Wildman–Crippen MR) is 372 cm³/mol. The van der Waals surface area contributed by atoms with Gasteiger partial charge in [-0.3, -0.25) is 62.3 Å². The van der Waals surface area contributed by atoms with Crippen molar-refractivity contribution < 1.29 is 82.4 Å². The number of nitrogens with two attached hydrogens (primary N) is 3. The van der Waals surface area contributed by atoms with Crippen LogP contribution in [-0.2, 0) is 86.4 Å². The number of nitrogens with one attached hydrogen (secondary N) is 12. The molecule has 12 amide bonds. The number of carbonyl (C=O) groups excluding carboxylic acids is 12. The van der Waals surface area contributed by atoms with Crippen LogP contribution < -0.4 is 75.7 Å². The predicted octanol–water partition coefficient (Wildman–Crippen LogP) is -2.93. The number of phenolic OH excluding ortho intramolecular Hbond substituents is 1. The molecule has 10 atom stereocenters. The molecule has 2 aliphatic rings. The lowest BCUT2D eigenvalue weighted by Crippen LogP contribution is -2.60. The summed E-state index contributed by atoms with van der Waals surface area (Å²) in [6, 6.07) is 6.72. The summed E-state index contributed by atoms with van der Waals surface area (Å²) in [5, 5.41) is 58.2. The van der Waals surface area contributed by atoms with Crippen LogP contribution in [0.4, 0.5) is 0 Å². The third-order valence-electron chi connectivity index (χ3n) is 16.5. The molecule has 0 saturated carbocycles. The van der Waals surface area contributed by atoms with Crippen molar-refractivity contribution in [1.82, 2.24) is 68.4 Å². The minimum Gasteiger partial charge on any atom is -0.508 e. The number of aromatic hydroxyl groups is 1. The number of carboxylic acid groups (broad SMARTS) is 2. The Labute approximate surface area is 589 Å². The minimum absolute atomic E-state index is 0.0371. The Bertz CT molecular complexity index is 3550. The molecule has 101 heavy (non-hydrogen) atoms. The van der Waals surface area contributed by atoms with Crippen LogP contribution in [0.3, 0.4) is 0 Å². The number of H-pyrrole nitrogens is 1. The SMILES string of the molecule is C[C@H](N)C(=O)N[C@H]1CSSC[C@@H](C(=O)NCC(=O)NCC(=O)N[C@@H](CCCCN)C(=O)O)NC(=O)[C@H](Cc2ccc(O)cc2)NC(=O)[C@H](CCC(=O)O)NC(=O)[C@H](CCCCN)NC(=O)CNC(=O)[C@H](Cc2c[nH]c3ccccc23)NC(=O)[C@@H]2CCCN2C(=O)[C@H](Cc2ccccc2)NC1=O. The fraction of sp³-hybridized carbons (Fsp3) is 0.485. The Kier molecular flexibility index (Phi) is 32.6. The van der Waals surface area contributed by atoms with Crippen LogP contribution >= 0.6 is 21.6 Å². The van der Waals surface area contributed by atoms with E-state index < -0.39 is 181 Å². The highest BCUT2D eigenvalue weighted by Crippen LogP contribution is 2.26. The standard InChI is InChI=1S/C66H90N16O17S2/c1-37(69)57(89)80-51-36-101-100-35-50(59(91)72-32-53(84)71-33-54(85)75-46(66(98)99)17-8-10-26-68)81-62(94)47(28-39-19-21-41(83)22-20-39)77-61(93)45(23-24-56(87)88)76-60(92)44(16-7-9-25-67)74-55(86)34-73-58(90)48(30-40-31-70-43-15-6-5-14-42(40)43)78-64(96)52-18-11-27-82(52)65(97)49(79-63(51)95)29-38-12-3-2-4-13-38/h2-6,12-15,19-22,31,37,44-52,70,83H,7-11,16-18,23-30,32-36,67-69H2,1H3,(H,71,84)(H,72,91)(H,73,90)(H,74,86)(H,75,85)(H,76,92)(H,77,93)(H,78,96)(H,79,95)(H,80,89)(H,81,94)(H,87,88)(H,98,99)/t37-,44-,45-,46-,47-,48-,49-,50-,51-,52-/m0/s1. The number of nitrogens with zero attached hydrogens (tertiary/aromatic N) is 1. The molecule has 0 spiro atoms. The summed E-state index contributed by atoms with van der Waals surface area (Å²) < 4.78 is 0. The van der Waals surface area contributed by atoms with E-state index in [4.69, 9.17) is 17.2 Å². The topological polar surface area (TPSA) is 529 Å². The van der Waals surface area contributed by atoms with Crippen LogP contribution in [0.1, 0.15) is 87.8 Å². The number of fused-ring (bicyclic) bond motifs is 2. The molecule has 2 fully saturated rings. The highest BCUT2D eigenvalue weighted by molar-refractivity contribution is 8.76. The van der Waals surface area contributed by atoms with Crippen LogP contribution in [-0.4, -0.2) is 219 Å². The van der Waals surface area contributed by atoms with Crippen LogP contribution in [0.25, 0.3) is 10.9 Å². The molecule has 0 bridgehead atoms. The average Bonchev–Trinajstić information content (AvgIpc) is 1.77. The lowest BCUT2D eigenvalue weighted by atomic mass is 10.0. The Balaban J connectivity index is 1.38. The Morgan fingerprint density at radius 2 is 1.24 bits per heavy atom. The zero-order valence-electron chi connectivity index (χ0n) is 55.8. The van der Waals surface area contributed by atoms with Gasteiger partial charge in [0.05, 0.1) is 25.7 Å². The number of unbranched alkanes of at least 4 members (excludes halogenated alkanes) is 2. The van der Waals surface area contributed by atoms with Gasteiger partial charge in [-0.15, -0.1) is 0 Å². The number of carbonyl (C=O) groups is 14. The lowest BCUT2D eigenvalue weighted by Gasteiger charge is -2.31. The molecule has 3 aromatic carbocycles. The molecule has 0 aliphatic carbocycles. The first-order valence-electron chi connectivity index (χ1n) is 33.1. The van der Waals surface area contributed by atoms with Gasteiger partial charge in [-0.05, 0) is 113 Å². The first kappa shape index (κ1) is 80.1. The highest BCUT2D eigenvalue weighted by Gasteiger charge is 2.41. The second kappa shape index (κ2) is 41.0. The van der Waals surface area contributed by atoms with E-state index in [1.165, 1.54) is 36.1 Å². The molecule has 0 unspecified atom stereocenters. The van der Waals surface area contributed by atoms with E-state index in [0.29, 0.717) is 59.8 Å². The van der Waals surface area contributed by atoms with Gasteiger partial charge < -0.3 is 101 Å². The molecule has 4 aromatic rings. The molecule has 2 aliphatic heterocycles. The molecule has 3 heterocycles. The number of aromatic amines is 1. The van der Waals surface area contributed by atoms with Crippen molar-refractivity contribution in [2.24, 2.45) is 17.2 Å². The Morgan fingerprint density at radius 1 is 0.634 bits per heavy atom. The minimum atomic E-state index is -1.74. The number of para-hydroxylation sites is 1. The highest BCUT2D eigenvalue weighted by atomic mass is 33.1. The fourth-order valence-corrected chi connectivity index (χ4v) is 13.3. The van der Waals surface area contributed by atoms with E-state index in [-0.39, 0.29) is 69.5 Å². The summed E-state index contributed by atoms with van der Waals surface area (Å²) in [5.41, 5.74) is 19.5. The fourth-order valence-electron chi connectivity index (χ4n) is 11.0. The van der Waals surface area contributed by atoms with Gasteiger partial charge >= 0.3 is 11.9 Å². The van der Waals surface area contributed by atoms with Crippen molar-refractivity contribution in [1.29, 1.82) is 0 Å². The lowest BCUT2D eigenvalue weighted by molar-refractivity contribution is -0.142. The summed E-state index contributed by atoms with van der Waals surface area (Å²) in [6.45, 7) is -0.439. The third-order valence-corrected chi connectivity index (χ3v) is 18.9. The number of benzene rings is 3. The van der Waals surface area contributed by atoms with Crippen LogP contribution in [0.2, 0.25) is 0 Å². The molecule has 6 rings (SSSR count). The van der Waals surface area contributed by atoms with E-state index in [1.54, 1.807) is 60.8 Å². The number of hydrogen-bond acceptors (Lipinski definition) is 20. The van der Waals surface area contributed by atoms with Crippen LogP contribution in [0.5, 0.6) is 5.75 Å². The second-order valence-electron chi connectivity index (χ2n) is 24.3. The largest absolute Gasteiger partial charge is 0.508 e. The van der Waals surface area contributed by atoms with Gasteiger partial charge in [-0.1, -0.05) is 82.3 Å². The number of phenols is 1. The molecular formula is C66H90N16O17S2. The van der Waals surface area contributed by atoms with E-state index in [2.05, 4.69) is 63.5 Å². The number of hydrogen-bond donors (Lipinski definition) is 18. The normalized spacial score (nSPS) is 21.7. The van der Waals surface area contributed by atoms with Crippen molar-refractivity contribution >= 4 is 115 Å². The van der Waals surface area contributed by atoms with Crippen molar-refractivity contribution in [2.75, 3.05) is 50.8 Å².